The minimum Gasteiger partial charge on any atom is -0.378 e. The fourth-order valence-corrected chi connectivity index (χ4v) is 2.77. The molecule has 1 aromatic rings. The summed E-state index contributed by atoms with van der Waals surface area (Å²) in [7, 11) is 1.99. The SMILES string of the molecule is Cc1nn(C)c(CNC2CCOC(C)C2)c1Br. The number of aromatic nitrogens is 2. The summed E-state index contributed by atoms with van der Waals surface area (Å²) < 4.78 is 8.60. The Kier molecular flexibility index (Phi) is 4.22. The predicted octanol–water partition coefficient (Wildman–Crippen LogP) is 2.15. The van der Waals surface area contributed by atoms with E-state index in [1.54, 1.807) is 0 Å². The van der Waals surface area contributed by atoms with Crippen molar-refractivity contribution in [2.45, 2.75) is 45.4 Å². The van der Waals surface area contributed by atoms with E-state index in [9.17, 15) is 0 Å². The second-order valence-corrected chi connectivity index (χ2v) is 5.55. The van der Waals surface area contributed by atoms with Crippen LogP contribution in [0.4, 0.5) is 0 Å². The van der Waals surface area contributed by atoms with E-state index in [4.69, 9.17) is 4.74 Å². The van der Waals surface area contributed by atoms with Gasteiger partial charge < -0.3 is 10.1 Å². The minimum absolute atomic E-state index is 0.373. The molecule has 0 radical (unpaired) electrons. The van der Waals surface area contributed by atoms with E-state index in [-0.39, 0.29) is 0 Å². The molecule has 2 atom stereocenters. The van der Waals surface area contributed by atoms with E-state index >= 15 is 0 Å². The van der Waals surface area contributed by atoms with Gasteiger partial charge in [-0.15, -0.1) is 0 Å². The van der Waals surface area contributed by atoms with Crippen LogP contribution in [0.5, 0.6) is 0 Å². The Labute approximate surface area is 111 Å². The Balaban J connectivity index is 1.93. The molecule has 5 heteroatoms. The third-order valence-electron chi connectivity index (χ3n) is 3.30. The summed E-state index contributed by atoms with van der Waals surface area (Å²) in [5.74, 6) is 0. The molecule has 1 N–H and O–H groups in total. The Bertz CT molecular complexity index is 391. The zero-order chi connectivity index (χ0) is 12.4. The lowest BCUT2D eigenvalue weighted by atomic mass is 10.0. The average Bonchev–Trinajstić information content (AvgIpc) is 2.51. The first-order valence-corrected chi connectivity index (χ1v) is 6.90. The third-order valence-corrected chi connectivity index (χ3v) is 4.34. The first kappa shape index (κ1) is 13.1. The topological polar surface area (TPSA) is 39.1 Å². The maximum atomic E-state index is 5.54. The highest BCUT2D eigenvalue weighted by Crippen LogP contribution is 2.21. The van der Waals surface area contributed by atoms with Crippen LogP contribution in [0.1, 0.15) is 31.2 Å². The summed E-state index contributed by atoms with van der Waals surface area (Å²) in [4.78, 5) is 0. The fraction of sp³-hybridized carbons (Fsp3) is 0.750. The van der Waals surface area contributed by atoms with Crippen molar-refractivity contribution in [1.29, 1.82) is 0 Å². The summed E-state index contributed by atoms with van der Waals surface area (Å²) in [6, 6.07) is 0.556. The van der Waals surface area contributed by atoms with Crippen LogP contribution < -0.4 is 5.32 Å². The third kappa shape index (κ3) is 3.09. The first-order valence-electron chi connectivity index (χ1n) is 6.11. The van der Waals surface area contributed by atoms with Crippen LogP contribution in [-0.4, -0.2) is 28.5 Å². The second-order valence-electron chi connectivity index (χ2n) is 4.75. The van der Waals surface area contributed by atoms with E-state index in [0.29, 0.717) is 12.1 Å². The van der Waals surface area contributed by atoms with Gasteiger partial charge in [-0.3, -0.25) is 4.68 Å². The Hall–Kier alpha value is -0.390. The van der Waals surface area contributed by atoms with Crippen LogP contribution in [0.15, 0.2) is 4.47 Å². The van der Waals surface area contributed by atoms with Crippen molar-refractivity contribution in [3.8, 4) is 0 Å². The van der Waals surface area contributed by atoms with Crippen molar-refractivity contribution < 1.29 is 4.74 Å². The summed E-state index contributed by atoms with van der Waals surface area (Å²) >= 11 is 3.59. The van der Waals surface area contributed by atoms with Crippen LogP contribution in [0.3, 0.4) is 0 Å². The smallest absolute Gasteiger partial charge is 0.0739 e. The number of nitrogens with zero attached hydrogens (tertiary/aromatic N) is 2. The van der Waals surface area contributed by atoms with Gasteiger partial charge in [-0.1, -0.05) is 0 Å². The molecule has 1 aromatic heterocycles. The van der Waals surface area contributed by atoms with Gasteiger partial charge in [0, 0.05) is 26.2 Å². The van der Waals surface area contributed by atoms with Crippen LogP contribution in [-0.2, 0) is 18.3 Å². The molecule has 2 heterocycles. The Morgan fingerprint density at radius 2 is 2.35 bits per heavy atom. The second kappa shape index (κ2) is 5.50. The van der Waals surface area contributed by atoms with Gasteiger partial charge in [0.05, 0.1) is 22.0 Å². The molecule has 96 valence electrons. The average molecular weight is 302 g/mol. The highest BCUT2D eigenvalue weighted by molar-refractivity contribution is 9.10. The highest BCUT2D eigenvalue weighted by atomic mass is 79.9. The Morgan fingerprint density at radius 1 is 1.59 bits per heavy atom. The molecule has 2 rings (SSSR count). The highest BCUT2D eigenvalue weighted by Gasteiger charge is 2.19. The minimum atomic E-state index is 0.373. The summed E-state index contributed by atoms with van der Waals surface area (Å²) in [5, 5.41) is 7.99. The predicted molar refractivity (Wildman–Crippen MR) is 70.9 cm³/mol. The largest absolute Gasteiger partial charge is 0.378 e. The molecule has 2 unspecified atom stereocenters. The van der Waals surface area contributed by atoms with E-state index < -0.39 is 0 Å². The van der Waals surface area contributed by atoms with Gasteiger partial charge in [-0.25, -0.2) is 0 Å². The van der Waals surface area contributed by atoms with Crippen LogP contribution >= 0.6 is 15.9 Å². The van der Waals surface area contributed by atoms with Gasteiger partial charge in [0.15, 0.2) is 0 Å². The van der Waals surface area contributed by atoms with Gasteiger partial charge in [-0.2, -0.15) is 5.10 Å². The number of aryl methyl sites for hydroxylation is 2. The lowest BCUT2D eigenvalue weighted by molar-refractivity contribution is 0.0129. The van der Waals surface area contributed by atoms with Crippen LogP contribution in [0.2, 0.25) is 0 Å². The molecule has 0 amide bonds. The molecule has 1 fully saturated rings. The van der Waals surface area contributed by atoms with Gasteiger partial charge in [-0.05, 0) is 42.6 Å². The van der Waals surface area contributed by atoms with Crippen molar-refractivity contribution in [2.24, 2.45) is 7.05 Å². The number of nitrogens with one attached hydrogen (secondary N) is 1. The van der Waals surface area contributed by atoms with Gasteiger partial charge in [0.1, 0.15) is 0 Å². The zero-order valence-electron chi connectivity index (χ0n) is 10.7. The summed E-state index contributed by atoms with van der Waals surface area (Å²) in [5.41, 5.74) is 2.26. The molecule has 1 saturated heterocycles. The van der Waals surface area contributed by atoms with Crippen LogP contribution in [0.25, 0.3) is 0 Å². The lowest BCUT2D eigenvalue weighted by Crippen LogP contribution is -2.37. The molecule has 4 nitrogen and oxygen atoms in total. The van der Waals surface area contributed by atoms with E-state index in [0.717, 1.165) is 36.2 Å². The maximum Gasteiger partial charge on any atom is 0.0739 e. The quantitative estimate of drug-likeness (QED) is 0.930. The maximum absolute atomic E-state index is 5.54. The molecule has 0 aliphatic carbocycles. The molecule has 0 saturated carbocycles. The van der Waals surface area contributed by atoms with E-state index in [2.05, 4.69) is 33.3 Å². The van der Waals surface area contributed by atoms with Crippen molar-refractivity contribution >= 4 is 15.9 Å². The van der Waals surface area contributed by atoms with E-state index in [1.165, 1.54) is 5.69 Å². The number of rotatable bonds is 3. The molecule has 1 aliphatic rings. The van der Waals surface area contributed by atoms with Crippen molar-refractivity contribution in [3.63, 3.8) is 0 Å². The van der Waals surface area contributed by atoms with E-state index in [1.807, 2.05) is 18.7 Å². The number of ether oxygens (including phenoxy) is 1. The van der Waals surface area contributed by atoms with Crippen molar-refractivity contribution in [2.75, 3.05) is 6.61 Å². The van der Waals surface area contributed by atoms with Gasteiger partial charge in [0.2, 0.25) is 0 Å². The molecule has 0 spiro atoms. The zero-order valence-corrected chi connectivity index (χ0v) is 12.2. The molecular formula is C12H20BrN3O. The molecule has 17 heavy (non-hydrogen) atoms. The number of hydrogen-bond donors (Lipinski definition) is 1. The summed E-state index contributed by atoms with van der Waals surface area (Å²) in [6.45, 7) is 5.88. The van der Waals surface area contributed by atoms with Gasteiger partial charge >= 0.3 is 0 Å². The van der Waals surface area contributed by atoms with Crippen LogP contribution in [0, 0.1) is 6.92 Å². The molecule has 0 aromatic carbocycles. The normalized spacial score (nSPS) is 25.2. The van der Waals surface area contributed by atoms with Crippen molar-refractivity contribution in [1.82, 2.24) is 15.1 Å². The molecule has 1 aliphatic heterocycles. The standard InChI is InChI=1S/C12H20BrN3O/c1-8-6-10(4-5-17-8)14-7-11-12(13)9(2)15-16(11)3/h8,10,14H,4-7H2,1-3H3. The number of halogens is 1. The van der Waals surface area contributed by atoms with Crippen molar-refractivity contribution in [3.05, 3.63) is 15.9 Å². The molecule has 0 bridgehead atoms. The monoisotopic (exact) mass is 301 g/mol. The van der Waals surface area contributed by atoms with Gasteiger partial charge in [0.25, 0.3) is 0 Å². The Morgan fingerprint density at radius 3 is 2.94 bits per heavy atom. The lowest BCUT2D eigenvalue weighted by Gasteiger charge is -2.28. The summed E-state index contributed by atoms with van der Waals surface area (Å²) in [6.07, 6.45) is 2.56. The molecular weight excluding hydrogens is 282 g/mol. The number of hydrogen-bond acceptors (Lipinski definition) is 3. The first-order chi connectivity index (χ1) is 8.08. The fourth-order valence-electron chi connectivity index (χ4n) is 2.30.